The molecule has 0 saturated carbocycles. The number of rotatable bonds is 6. The first kappa shape index (κ1) is 19.7. The minimum atomic E-state index is -1.11. The van der Waals surface area contributed by atoms with E-state index >= 15 is 0 Å². The molecule has 4 aliphatic heterocycles. The number of β-lactam (4-membered cyclic amide) rings is 1. The number of carboxylic acids is 1. The van der Waals surface area contributed by atoms with Crippen LogP contribution >= 0.6 is 11.8 Å². The van der Waals surface area contributed by atoms with E-state index in [1.165, 1.54) is 16.7 Å². The summed E-state index contributed by atoms with van der Waals surface area (Å²) >= 11 is 1.42. The molecule has 0 aromatic rings. The van der Waals surface area contributed by atoms with Gasteiger partial charge < -0.3 is 20.0 Å². The number of carbonyl (C=O) groups is 3. The maximum atomic E-state index is 12.6. The van der Waals surface area contributed by atoms with Crippen molar-refractivity contribution in [2.24, 2.45) is 11.8 Å². The number of aliphatic hydroxyl groups is 1. The zero-order chi connectivity index (χ0) is 20.3. The first-order valence-corrected chi connectivity index (χ1v) is 10.9. The molecule has 0 aliphatic carbocycles. The number of hydrogen-bond acceptors (Lipinski definition) is 6. The summed E-state index contributed by atoms with van der Waals surface area (Å²) in [7, 11) is 0. The highest BCUT2D eigenvalue weighted by Crippen LogP contribution is 2.50. The third-order valence-corrected chi connectivity index (χ3v) is 7.96. The summed E-state index contributed by atoms with van der Waals surface area (Å²) in [6.07, 6.45) is 1.26. The van der Waals surface area contributed by atoms with Crippen LogP contribution in [0.4, 0.5) is 0 Å². The van der Waals surface area contributed by atoms with Gasteiger partial charge in [0, 0.05) is 29.7 Å². The molecule has 3 fully saturated rings. The fraction of sp³-hybridized carbons (Fsp3) is 0.737. The zero-order valence-corrected chi connectivity index (χ0v) is 17.2. The van der Waals surface area contributed by atoms with Crippen molar-refractivity contribution in [1.29, 1.82) is 0 Å². The monoisotopic (exact) mass is 409 g/mol. The highest BCUT2D eigenvalue weighted by molar-refractivity contribution is 8.03. The van der Waals surface area contributed by atoms with Gasteiger partial charge in [0.1, 0.15) is 5.70 Å². The standard InChI is InChI=1S/C19H27N3O5S/c1-9-14-13(10(2)23)18(25)22(14)15(19(26)27)16(9)28-8-7-21-11(3)20-6-4-5-12(20)17(21)24/h9-14,23H,4-8H2,1-3H3,(H,26,27)/t9-,10-,11?,12-,13-,14-/m1/s1. The van der Waals surface area contributed by atoms with Gasteiger partial charge in [0.15, 0.2) is 0 Å². The van der Waals surface area contributed by atoms with Gasteiger partial charge in [-0.05, 0) is 26.7 Å². The minimum absolute atomic E-state index is 0.00516. The van der Waals surface area contributed by atoms with E-state index in [0.29, 0.717) is 17.2 Å². The number of nitrogens with zero attached hydrogens (tertiary/aromatic N) is 3. The molecule has 6 atom stereocenters. The van der Waals surface area contributed by atoms with Gasteiger partial charge in [-0.1, -0.05) is 6.92 Å². The van der Waals surface area contributed by atoms with Crippen molar-refractivity contribution in [3.8, 4) is 0 Å². The average Bonchev–Trinajstić information content (AvgIpc) is 3.25. The Hall–Kier alpha value is -1.58. The van der Waals surface area contributed by atoms with E-state index in [-0.39, 0.29) is 41.7 Å². The van der Waals surface area contributed by atoms with Crippen molar-refractivity contribution in [3.05, 3.63) is 10.6 Å². The van der Waals surface area contributed by atoms with E-state index in [9.17, 15) is 24.6 Å². The summed E-state index contributed by atoms with van der Waals surface area (Å²) in [6, 6.07) is -0.288. The average molecular weight is 410 g/mol. The lowest BCUT2D eigenvalue weighted by Gasteiger charge is -2.46. The second-order valence-corrected chi connectivity index (χ2v) is 9.32. The summed E-state index contributed by atoms with van der Waals surface area (Å²) in [5, 5.41) is 19.6. The molecule has 3 saturated heterocycles. The smallest absolute Gasteiger partial charge is 0.353 e. The predicted molar refractivity (Wildman–Crippen MR) is 103 cm³/mol. The maximum Gasteiger partial charge on any atom is 0.353 e. The second-order valence-electron chi connectivity index (χ2n) is 8.18. The molecule has 0 aromatic carbocycles. The van der Waals surface area contributed by atoms with Gasteiger partial charge in [0.25, 0.3) is 0 Å². The number of carbonyl (C=O) groups excluding carboxylic acids is 2. The molecule has 8 nitrogen and oxygen atoms in total. The Balaban J connectivity index is 1.45. The highest BCUT2D eigenvalue weighted by Gasteiger charge is 2.60. The maximum absolute atomic E-state index is 12.6. The van der Waals surface area contributed by atoms with Crippen LogP contribution < -0.4 is 0 Å². The zero-order valence-electron chi connectivity index (χ0n) is 16.4. The van der Waals surface area contributed by atoms with Crippen LogP contribution in [0, 0.1) is 11.8 Å². The summed E-state index contributed by atoms with van der Waals surface area (Å²) in [4.78, 5) is 43.0. The van der Waals surface area contributed by atoms with Crippen LogP contribution in [0.5, 0.6) is 0 Å². The van der Waals surface area contributed by atoms with Gasteiger partial charge in [-0.2, -0.15) is 0 Å². The van der Waals surface area contributed by atoms with Crippen LogP contribution in [0.3, 0.4) is 0 Å². The normalized spacial score (nSPS) is 36.1. The predicted octanol–water partition coefficient (Wildman–Crippen LogP) is 0.526. The lowest BCUT2D eigenvalue weighted by molar-refractivity contribution is -0.163. The van der Waals surface area contributed by atoms with E-state index in [1.807, 2.05) is 18.7 Å². The van der Waals surface area contributed by atoms with Crippen LogP contribution in [0.2, 0.25) is 0 Å². The Morgan fingerprint density at radius 1 is 1.29 bits per heavy atom. The van der Waals surface area contributed by atoms with Gasteiger partial charge in [-0.3, -0.25) is 14.5 Å². The van der Waals surface area contributed by atoms with Crippen LogP contribution in [-0.2, 0) is 14.4 Å². The van der Waals surface area contributed by atoms with Crippen LogP contribution in [0.25, 0.3) is 0 Å². The first-order chi connectivity index (χ1) is 13.3. The molecule has 0 spiro atoms. The fourth-order valence-electron chi connectivity index (χ4n) is 5.32. The molecule has 154 valence electrons. The summed E-state index contributed by atoms with van der Waals surface area (Å²) in [6.45, 7) is 7.04. The molecule has 4 aliphatic rings. The number of hydrogen-bond donors (Lipinski definition) is 2. The molecular formula is C19H27N3O5S. The molecule has 4 heterocycles. The van der Waals surface area contributed by atoms with E-state index < -0.39 is 18.0 Å². The fourth-order valence-corrected chi connectivity index (χ4v) is 6.55. The second kappa shape index (κ2) is 7.03. The molecular weight excluding hydrogens is 382 g/mol. The Bertz CT molecular complexity index is 754. The van der Waals surface area contributed by atoms with E-state index in [2.05, 4.69) is 4.90 Å². The number of fused-ring (bicyclic) bond motifs is 2. The van der Waals surface area contributed by atoms with E-state index in [0.717, 1.165) is 19.4 Å². The molecule has 1 unspecified atom stereocenters. The van der Waals surface area contributed by atoms with Crippen molar-refractivity contribution >= 4 is 29.5 Å². The van der Waals surface area contributed by atoms with Gasteiger partial charge in [0.2, 0.25) is 11.8 Å². The molecule has 2 amide bonds. The van der Waals surface area contributed by atoms with Crippen molar-refractivity contribution in [3.63, 3.8) is 0 Å². The molecule has 28 heavy (non-hydrogen) atoms. The minimum Gasteiger partial charge on any atom is -0.477 e. The van der Waals surface area contributed by atoms with Crippen LogP contribution in [-0.4, -0.2) is 85.9 Å². The lowest BCUT2D eigenvalue weighted by atomic mass is 9.79. The SMILES string of the molecule is CC1N(CCSC2=C(C(=O)O)N3C(=O)[C@H]([C@@H](C)O)[C@H]3[C@H]2C)C(=O)[C@H]2CCCN12. The van der Waals surface area contributed by atoms with Gasteiger partial charge in [-0.15, -0.1) is 11.8 Å². The molecule has 0 bridgehead atoms. The number of thioether (sulfide) groups is 1. The van der Waals surface area contributed by atoms with Crippen molar-refractivity contribution in [1.82, 2.24) is 14.7 Å². The summed E-state index contributed by atoms with van der Waals surface area (Å²) in [5.41, 5.74) is 0.0471. The highest BCUT2D eigenvalue weighted by atomic mass is 32.2. The third kappa shape index (κ3) is 2.70. The molecule has 2 N–H and O–H groups in total. The Morgan fingerprint density at radius 3 is 2.61 bits per heavy atom. The molecule has 9 heteroatoms. The van der Waals surface area contributed by atoms with E-state index in [4.69, 9.17) is 0 Å². The third-order valence-electron chi connectivity index (χ3n) is 6.69. The van der Waals surface area contributed by atoms with E-state index in [1.54, 1.807) is 6.92 Å². The van der Waals surface area contributed by atoms with Gasteiger partial charge in [-0.25, -0.2) is 4.79 Å². The molecule has 0 aromatic heterocycles. The lowest BCUT2D eigenvalue weighted by Crippen LogP contribution is -2.63. The largest absolute Gasteiger partial charge is 0.477 e. The number of amides is 2. The van der Waals surface area contributed by atoms with Crippen molar-refractivity contribution in [2.75, 3.05) is 18.8 Å². The Kier molecular flexibility index (Phi) is 4.96. The quantitative estimate of drug-likeness (QED) is 0.617. The van der Waals surface area contributed by atoms with Gasteiger partial charge >= 0.3 is 5.97 Å². The Labute approximate surface area is 168 Å². The number of carboxylic acid groups (broad SMARTS) is 1. The van der Waals surface area contributed by atoms with Crippen molar-refractivity contribution < 1.29 is 24.6 Å². The van der Waals surface area contributed by atoms with Crippen molar-refractivity contribution in [2.45, 2.75) is 58.0 Å². The first-order valence-electron chi connectivity index (χ1n) is 9.93. The number of aliphatic carboxylic acids is 1. The Morgan fingerprint density at radius 2 is 2.00 bits per heavy atom. The van der Waals surface area contributed by atoms with Crippen LogP contribution in [0.1, 0.15) is 33.6 Å². The topological polar surface area (TPSA) is 101 Å². The summed E-state index contributed by atoms with van der Waals surface area (Å²) < 4.78 is 0. The molecule has 4 rings (SSSR count). The summed E-state index contributed by atoms with van der Waals surface area (Å²) in [5.74, 6) is -1.35. The van der Waals surface area contributed by atoms with Crippen LogP contribution in [0.15, 0.2) is 10.6 Å². The number of aliphatic hydroxyl groups excluding tert-OH is 1. The van der Waals surface area contributed by atoms with Gasteiger partial charge in [0.05, 0.1) is 30.3 Å². The molecule has 0 radical (unpaired) electrons.